The SMILES string of the molecule is Cc1cc(-c2cccc3ccccc23)cc(-c2cc(-c3cnc4c(c3)C(C)(C)c3cc5c(cc3-4)C(C)(C)c3cccnc3-5)cc(-c3cccc4ccccc34)n2)n1. The van der Waals surface area contributed by atoms with Gasteiger partial charge in [0.05, 0.1) is 28.5 Å². The first-order chi connectivity index (χ1) is 27.6. The van der Waals surface area contributed by atoms with Crippen LogP contribution in [0.4, 0.5) is 0 Å². The highest BCUT2D eigenvalue weighted by Gasteiger charge is 2.42. The lowest BCUT2D eigenvalue weighted by atomic mass is 9.79. The fourth-order valence-electron chi connectivity index (χ4n) is 9.60. The van der Waals surface area contributed by atoms with Crippen molar-refractivity contribution in [1.29, 1.82) is 0 Å². The van der Waals surface area contributed by atoms with E-state index >= 15 is 0 Å². The van der Waals surface area contributed by atoms with E-state index in [4.69, 9.17) is 19.9 Å². The smallest absolute Gasteiger partial charge is 0.0900 e. The van der Waals surface area contributed by atoms with Gasteiger partial charge in [-0.05, 0) is 116 Å². The third kappa shape index (κ3) is 5.06. The summed E-state index contributed by atoms with van der Waals surface area (Å²) in [4.78, 5) is 20.7. The van der Waals surface area contributed by atoms with Gasteiger partial charge in [0, 0.05) is 51.2 Å². The summed E-state index contributed by atoms with van der Waals surface area (Å²) in [6.45, 7) is 11.4. The number of benzene rings is 5. The van der Waals surface area contributed by atoms with Crippen LogP contribution in [0.3, 0.4) is 0 Å². The zero-order chi connectivity index (χ0) is 38.6. The van der Waals surface area contributed by atoms with Crippen molar-refractivity contribution in [1.82, 2.24) is 19.9 Å². The Morgan fingerprint density at radius 3 is 1.72 bits per heavy atom. The van der Waals surface area contributed by atoms with Gasteiger partial charge in [0.2, 0.25) is 0 Å². The summed E-state index contributed by atoms with van der Waals surface area (Å²) >= 11 is 0. The topological polar surface area (TPSA) is 51.6 Å². The van der Waals surface area contributed by atoms with Crippen LogP contribution < -0.4 is 0 Å². The van der Waals surface area contributed by atoms with Crippen molar-refractivity contribution in [3.8, 4) is 67.4 Å². The Hall–Kier alpha value is -6.78. The number of fused-ring (bicyclic) bond motifs is 8. The molecule has 0 unspecified atom stereocenters. The molecule has 0 saturated heterocycles. The van der Waals surface area contributed by atoms with Crippen LogP contribution in [-0.4, -0.2) is 19.9 Å². The molecule has 9 aromatic rings. The molecule has 4 heterocycles. The van der Waals surface area contributed by atoms with Crippen molar-refractivity contribution in [2.75, 3.05) is 0 Å². The molecule has 4 aromatic heterocycles. The molecule has 5 aromatic carbocycles. The van der Waals surface area contributed by atoms with Crippen LogP contribution in [0.5, 0.6) is 0 Å². The zero-order valence-electron chi connectivity index (χ0n) is 32.7. The van der Waals surface area contributed by atoms with Crippen LogP contribution >= 0.6 is 0 Å². The summed E-state index contributed by atoms with van der Waals surface area (Å²) in [5.74, 6) is 0. The number of nitrogens with zero attached hydrogens (tertiary/aromatic N) is 4. The second kappa shape index (κ2) is 12.1. The second-order valence-corrected chi connectivity index (χ2v) is 16.8. The van der Waals surface area contributed by atoms with Crippen molar-refractivity contribution in [3.05, 3.63) is 180 Å². The van der Waals surface area contributed by atoms with Crippen molar-refractivity contribution < 1.29 is 0 Å². The first kappa shape index (κ1) is 33.5. The molecule has 0 radical (unpaired) electrons. The van der Waals surface area contributed by atoms with Crippen LogP contribution in [0.15, 0.2) is 152 Å². The Morgan fingerprint density at radius 2 is 0.982 bits per heavy atom. The van der Waals surface area contributed by atoms with E-state index in [0.717, 1.165) is 56.4 Å². The maximum atomic E-state index is 5.40. The predicted octanol–water partition coefficient (Wildman–Crippen LogP) is 13.2. The van der Waals surface area contributed by atoms with E-state index in [1.165, 1.54) is 60.5 Å². The molecule has 0 bridgehead atoms. The monoisotopic (exact) mass is 732 g/mol. The number of hydrogen-bond acceptors (Lipinski definition) is 4. The fourth-order valence-corrected chi connectivity index (χ4v) is 9.60. The molecule has 2 aliphatic rings. The van der Waals surface area contributed by atoms with Gasteiger partial charge >= 0.3 is 0 Å². The van der Waals surface area contributed by atoms with Gasteiger partial charge in [-0.15, -0.1) is 0 Å². The van der Waals surface area contributed by atoms with Crippen LogP contribution in [0.1, 0.15) is 55.6 Å². The normalized spacial score (nSPS) is 14.3. The highest BCUT2D eigenvalue weighted by Crippen LogP contribution is 2.55. The summed E-state index contributed by atoms with van der Waals surface area (Å²) in [6.07, 6.45) is 3.97. The molecule has 4 heteroatoms. The minimum Gasteiger partial charge on any atom is -0.256 e. The standard InChI is InChI=1S/C53H40N4/c1-31-23-35(39-19-10-15-32-13-6-8-17-37(32)39)27-48(56-31)49-26-34(25-47(57-49)40-20-11-16-33-14-7-9-18-38(33)40)36-24-46-51(55-30-36)42-29-44-41(28-45(42)53(46,4)5)50-43(52(44,2)3)21-12-22-54-50/h6-30H,1-5H3. The highest BCUT2D eigenvalue weighted by atomic mass is 14.8. The Bertz CT molecular complexity index is 3140. The van der Waals surface area contributed by atoms with E-state index in [2.05, 4.69) is 180 Å². The molecule has 0 spiro atoms. The lowest BCUT2D eigenvalue weighted by molar-refractivity contribution is 0.651. The maximum Gasteiger partial charge on any atom is 0.0900 e. The molecule has 11 rings (SSSR count). The molecule has 0 aliphatic heterocycles. The summed E-state index contributed by atoms with van der Waals surface area (Å²) in [5.41, 5.74) is 18.4. The Balaban J connectivity index is 1.09. The van der Waals surface area contributed by atoms with Gasteiger partial charge in [0.1, 0.15) is 0 Å². The first-order valence-corrected chi connectivity index (χ1v) is 19.8. The number of pyridine rings is 4. The van der Waals surface area contributed by atoms with E-state index in [9.17, 15) is 0 Å². The number of aromatic nitrogens is 4. The molecule has 0 fully saturated rings. The van der Waals surface area contributed by atoms with E-state index < -0.39 is 0 Å². The van der Waals surface area contributed by atoms with Gasteiger partial charge in [0.15, 0.2) is 0 Å². The lowest BCUT2D eigenvalue weighted by Crippen LogP contribution is -2.17. The molecule has 0 amide bonds. The predicted molar refractivity (Wildman–Crippen MR) is 234 cm³/mol. The van der Waals surface area contributed by atoms with Gasteiger partial charge in [0.25, 0.3) is 0 Å². The Morgan fingerprint density at radius 1 is 0.404 bits per heavy atom. The van der Waals surface area contributed by atoms with Crippen LogP contribution in [-0.2, 0) is 10.8 Å². The van der Waals surface area contributed by atoms with Gasteiger partial charge in [-0.25, -0.2) is 4.98 Å². The quantitative estimate of drug-likeness (QED) is 0.181. The molecular weight excluding hydrogens is 693 g/mol. The minimum atomic E-state index is -0.260. The van der Waals surface area contributed by atoms with Crippen molar-refractivity contribution >= 4 is 21.5 Å². The molecule has 0 saturated carbocycles. The average Bonchev–Trinajstić information content (AvgIpc) is 3.60. The van der Waals surface area contributed by atoms with Crippen molar-refractivity contribution in [2.45, 2.75) is 45.4 Å². The summed E-state index contributed by atoms with van der Waals surface area (Å²) in [5, 5.41) is 4.78. The van der Waals surface area contributed by atoms with Crippen molar-refractivity contribution in [2.24, 2.45) is 0 Å². The molecule has 2 aliphatic carbocycles. The van der Waals surface area contributed by atoms with Gasteiger partial charge in [-0.2, -0.15) is 0 Å². The van der Waals surface area contributed by atoms with E-state index in [-0.39, 0.29) is 10.8 Å². The van der Waals surface area contributed by atoms with Gasteiger partial charge in [-0.3, -0.25) is 15.0 Å². The molecule has 0 atom stereocenters. The Labute approximate surface area is 333 Å². The van der Waals surface area contributed by atoms with E-state index in [1.54, 1.807) is 0 Å². The summed E-state index contributed by atoms with van der Waals surface area (Å²) in [6, 6.07) is 50.3. The van der Waals surface area contributed by atoms with Crippen LogP contribution in [0.2, 0.25) is 0 Å². The third-order valence-electron chi connectivity index (χ3n) is 12.6. The number of rotatable bonds is 4. The zero-order valence-corrected chi connectivity index (χ0v) is 32.7. The average molecular weight is 733 g/mol. The van der Waals surface area contributed by atoms with Gasteiger partial charge in [-0.1, -0.05) is 119 Å². The second-order valence-electron chi connectivity index (χ2n) is 16.8. The Kier molecular flexibility index (Phi) is 7.13. The number of aryl methyl sites for hydroxylation is 1. The van der Waals surface area contributed by atoms with Crippen molar-refractivity contribution in [3.63, 3.8) is 0 Å². The highest BCUT2D eigenvalue weighted by molar-refractivity contribution is 5.99. The van der Waals surface area contributed by atoms with E-state index in [0.29, 0.717) is 0 Å². The lowest BCUT2D eigenvalue weighted by Gasteiger charge is -2.24. The fraction of sp³-hybridized carbons (Fsp3) is 0.132. The molecular formula is C53H40N4. The van der Waals surface area contributed by atoms with Crippen LogP contribution in [0.25, 0.3) is 89.0 Å². The first-order valence-electron chi connectivity index (χ1n) is 19.8. The molecule has 57 heavy (non-hydrogen) atoms. The van der Waals surface area contributed by atoms with E-state index in [1.807, 2.05) is 6.20 Å². The summed E-state index contributed by atoms with van der Waals surface area (Å²) < 4.78 is 0. The minimum absolute atomic E-state index is 0.135. The number of hydrogen-bond donors (Lipinski definition) is 0. The third-order valence-corrected chi connectivity index (χ3v) is 12.6. The maximum absolute atomic E-state index is 5.40. The molecule has 272 valence electrons. The van der Waals surface area contributed by atoms with Gasteiger partial charge < -0.3 is 0 Å². The van der Waals surface area contributed by atoms with Crippen LogP contribution in [0, 0.1) is 6.92 Å². The molecule has 4 nitrogen and oxygen atoms in total. The molecule has 0 N–H and O–H groups in total. The summed E-state index contributed by atoms with van der Waals surface area (Å²) in [7, 11) is 0. The largest absolute Gasteiger partial charge is 0.256 e.